The molecule has 0 saturated carbocycles. The Balaban J connectivity index is 1.09. The first kappa shape index (κ1) is 36.6. The molecule has 0 bridgehead atoms. The molecule has 10 aromatic carbocycles. The van der Waals surface area contributed by atoms with E-state index in [9.17, 15) is 0 Å². The molecule has 11 aromatic rings. The van der Waals surface area contributed by atoms with Crippen LogP contribution in [0.1, 0.15) is 11.1 Å². The molecule has 0 aliphatic carbocycles. The van der Waals surface area contributed by atoms with Gasteiger partial charge in [0.25, 0.3) is 0 Å². The van der Waals surface area contributed by atoms with E-state index in [0.29, 0.717) is 0 Å². The molecule has 0 amide bonds. The first-order valence-corrected chi connectivity index (χ1v) is 21.8. The summed E-state index contributed by atoms with van der Waals surface area (Å²) < 4.78 is 2.57. The van der Waals surface area contributed by atoms with Crippen molar-refractivity contribution < 1.29 is 0 Å². The van der Waals surface area contributed by atoms with Crippen molar-refractivity contribution in [3.05, 3.63) is 230 Å². The summed E-state index contributed by atoms with van der Waals surface area (Å²) in [6.07, 6.45) is 0. The van der Waals surface area contributed by atoms with Gasteiger partial charge in [-0.25, -0.2) is 0 Å². The maximum atomic E-state index is 2.47. The number of benzene rings is 10. The Hall–Kier alpha value is -7.46. The molecule has 0 aliphatic heterocycles. The van der Waals surface area contributed by atoms with Gasteiger partial charge in [-0.3, -0.25) is 0 Å². The van der Waals surface area contributed by atoms with Crippen LogP contribution < -0.4 is 9.80 Å². The van der Waals surface area contributed by atoms with Gasteiger partial charge in [-0.05, 0) is 124 Å². The average Bonchev–Trinajstić information content (AvgIpc) is 3.71. The maximum absolute atomic E-state index is 2.47. The van der Waals surface area contributed by atoms with E-state index in [1.165, 1.54) is 69.7 Å². The Morgan fingerprint density at radius 2 is 0.902 bits per heavy atom. The molecule has 0 unspecified atom stereocenters. The summed E-state index contributed by atoms with van der Waals surface area (Å²) in [5.41, 5.74) is 14.2. The lowest BCUT2D eigenvalue weighted by Gasteiger charge is -2.30. The van der Waals surface area contributed by atoms with Gasteiger partial charge in [0.1, 0.15) is 0 Å². The molecule has 61 heavy (non-hydrogen) atoms. The van der Waals surface area contributed by atoms with Crippen LogP contribution in [-0.2, 0) is 0 Å². The highest BCUT2D eigenvalue weighted by Crippen LogP contribution is 2.50. The number of nitrogens with zero attached hydrogens (tertiary/aromatic N) is 2. The van der Waals surface area contributed by atoms with E-state index in [4.69, 9.17) is 0 Å². The van der Waals surface area contributed by atoms with Crippen molar-refractivity contribution in [2.75, 3.05) is 9.80 Å². The third kappa shape index (κ3) is 6.34. The van der Waals surface area contributed by atoms with E-state index in [-0.39, 0.29) is 0 Å². The summed E-state index contributed by atoms with van der Waals surface area (Å²) in [6.45, 7) is 4.49. The molecule has 290 valence electrons. The van der Waals surface area contributed by atoms with Crippen LogP contribution in [0, 0.1) is 13.8 Å². The second-order valence-corrected chi connectivity index (χ2v) is 16.8. The fourth-order valence-corrected chi connectivity index (χ4v) is 10.5. The number of aryl methyl sites for hydroxylation is 1. The second kappa shape index (κ2) is 15.3. The Bertz CT molecular complexity index is 3390. The fourth-order valence-electron chi connectivity index (χ4n) is 9.28. The molecule has 0 atom stereocenters. The standard InChI is InChI=1S/C58H42N2S/c1-39-19-9-12-26-47(39)56-40(2)53(37-42-20-10-13-28-49(42)56)59(44-22-5-3-6-23-44)46-35-33-41(34-36-46)48-27-15-17-31-52(48)60(45-24-7-4-8-25-45)54-38-43-21-11-14-29-50(43)57-51-30-16-18-32-55(51)61-58(54)57/h3-38H,1-2H3. The summed E-state index contributed by atoms with van der Waals surface area (Å²) in [6, 6.07) is 79.6. The lowest BCUT2D eigenvalue weighted by atomic mass is 9.89. The van der Waals surface area contributed by atoms with E-state index >= 15 is 0 Å². The van der Waals surface area contributed by atoms with E-state index in [0.717, 1.165) is 39.6 Å². The lowest BCUT2D eigenvalue weighted by Crippen LogP contribution is -2.12. The highest BCUT2D eigenvalue weighted by Gasteiger charge is 2.24. The molecular formula is C58H42N2S. The van der Waals surface area contributed by atoms with Crippen molar-refractivity contribution in [3.63, 3.8) is 0 Å². The van der Waals surface area contributed by atoms with Crippen LogP contribution in [0.5, 0.6) is 0 Å². The van der Waals surface area contributed by atoms with E-state index in [1.54, 1.807) is 0 Å². The first-order valence-electron chi connectivity index (χ1n) is 20.9. The SMILES string of the molecule is Cc1ccccc1-c1c(C)c(N(c2ccccc2)c2ccc(-c3ccccc3N(c3ccccc3)c3cc4ccccc4c4c3sc3ccccc34)cc2)cc2ccccc12. The van der Waals surface area contributed by atoms with E-state index in [2.05, 4.69) is 242 Å². The molecule has 1 heterocycles. The van der Waals surface area contributed by atoms with Crippen molar-refractivity contribution in [2.24, 2.45) is 0 Å². The number of thiophene rings is 1. The van der Waals surface area contributed by atoms with E-state index < -0.39 is 0 Å². The van der Waals surface area contributed by atoms with Crippen LogP contribution >= 0.6 is 11.3 Å². The third-order valence-corrected chi connectivity index (χ3v) is 13.3. The number of fused-ring (bicyclic) bond motifs is 6. The predicted octanol–water partition coefficient (Wildman–Crippen LogP) is 17.3. The normalized spacial score (nSPS) is 11.4. The fraction of sp³-hybridized carbons (Fsp3) is 0.0345. The van der Waals surface area contributed by atoms with Gasteiger partial charge in [-0.2, -0.15) is 0 Å². The molecule has 0 saturated heterocycles. The van der Waals surface area contributed by atoms with Crippen LogP contribution in [-0.4, -0.2) is 0 Å². The van der Waals surface area contributed by atoms with Crippen molar-refractivity contribution >= 4 is 87.2 Å². The second-order valence-electron chi connectivity index (χ2n) is 15.8. The van der Waals surface area contributed by atoms with Crippen LogP contribution in [0.3, 0.4) is 0 Å². The Labute approximate surface area is 360 Å². The Morgan fingerprint density at radius 1 is 0.377 bits per heavy atom. The molecule has 1 aromatic heterocycles. The van der Waals surface area contributed by atoms with Crippen LogP contribution in [0.2, 0.25) is 0 Å². The van der Waals surface area contributed by atoms with Gasteiger partial charge in [-0.15, -0.1) is 11.3 Å². The molecule has 0 spiro atoms. The van der Waals surface area contributed by atoms with Crippen molar-refractivity contribution in [1.82, 2.24) is 0 Å². The minimum absolute atomic E-state index is 1.10. The van der Waals surface area contributed by atoms with Gasteiger partial charge in [0.2, 0.25) is 0 Å². The zero-order valence-electron chi connectivity index (χ0n) is 34.1. The number of anilines is 6. The molecule has 3 heteroatoms. The van der Waals surface area contributed by atoms with Crippen LogP contribution in [0.4, 0.5) is 34.1 Å². The van der Waals surface area contributed by atoms with Gasteiger partial charge in [0.15, 0.2) is 0 Å². The Kier molecular flexibility index (Phi) is 9.18. The molecular weight excluding hydrogens is 757 g/mol. The molecule has 11 rings (SSSR count). The third-order valence-electron chi connectivity index (χ3n) is 12.1. The summed E-state index contributed by atoms with van der Waals surface area (Å²) in [4.78, 5) is 4.89. The topological polar surface area (TPSA) is 6.48 Å². The summed E-state index contributed by atoms with van der Waals surface area (Å²) in [5.74, 6) is 0. The van der Waals surface area contributed by atoms with Gasteiger partial charge in [-0.1, -0.05) is 158 Å². The zero-order chi connectivity index (χ0) is 40.9. The summed E-state index contributed by atoms with van der Waals surface area (Å²) >= 11 is 1.88. The molecule has 0 radical (unpaired) electrons. The van der Waals surface area contributed by atoms with Crippen molar-refractivity contribution in [1.29, 1.82) is 0 Å². The highest BCUT2D eigenvalue weighted by molar-refractivity contribution is 7.26. The van der Waals surface area contributed by atoms with Crippen LogP contribution in [0.25, 0.3) is 64.0 Å². The Morgan fingerprint density at radius 3 is 1.62 bits per heavy atom. The van der Waals surface area contributed by atoms with Crippen molar-refractivity contribution in [2.45, 2.75) is 13.8 Å². The number of hydrogen-bond donors (Lipinski definition) is 0. The lowest BCUT2D eigenvalue weighted by molar-refractivity contribution is 1.26. The van der Waals surface area contributed by atoms with Gasteiger partial charge >= 0.3 is 0 Å². The predicted molar refractivity (Wildman–Crippen MR) is 264 cm³/mol. The van der Waals surface area contributed by atoms with Gasteiger partial charge < -0.3 is 9.80 Å². The minimum Gasteiger partial charge on any atom is -0.310 e. The first-order chi connectivity index (χ1) is 30.1. The number of rotatable bonds is 8. The van der Waals surface area contributed by atoms with Gasteiger partial charge in [0, 0.05) is 38.1 Å². The molecule has 0 fully saturated rings. The summed E-state index contributed by atoms with van der Waals surface area (Å²) in [7, 11) is 0. The van der Waals surface area contributed by atoms with Crippen molar-refractivity contribution in [3.8, 4) is 22.3 Å². The van der Waals surface area contributed by atoms with E-state index in [1.807, 2.05) is 11.3 Å². The summed E-state index contributed by atoms with van der Waals surface area (Å²) in [5, 5.41) is 7.61. The number of para-hydroxylation sites is 3. The zero-order valence-corrected chi connectivity index (χ0v) is 34.9. The number of hydrogen-bond acceptors (Lipinski definition) is 3. The minimum atomic E-state index is 1.10. The monoisotopic (exact) mass is 798 g/mol. The molecule has 0 aliphatic rings. The molecule has 2 nitrogen and oxygen atoms in total. The highest BCUT2D eigenvalue weighted by atomic mass is 32.1. The van der Waals surface area contributed by atoms with Gasteiger partial charge in [0.05, 0.1) is 21.8 Å². The average molecular weight is 799 g/mol. The largest absolute Gasteiger partial charge is 0.310 e. The smallest absolute Gasteiger partial charge is 0.0647 e. The maximum Gasteiger partial charge on any atom is 0.0647 e. The van der Waals surface area contributed by atoms with Crippen LogP contribution in [0.15, 0.2) is 218 Å². The quantitative estimate of drug-likeness (QED) is 0.151. The molecule has 0 N–H and O–H groups in total.